The molecule has 2 fully saturated rings. The molecule has 5 rings (SSSR count). The predicted octanol–water partition coefficient (Wildman–Crippen LogP) is 2.85. The number of anilines is 3. The monoisotopic (exact) mass is 364 g/mol. The molecule has 5 heterocycles. The molecule has 0 bridgehead atoms. The highest BCUT2D eigenvalue weighted by Crippen LogP contribution is 2.27. The van der Waals surface area contributed by atoms with E-state index < -0.39 is 0 Å². The molecule has 0 atom stereocenters. The number of rotatable bonds is 3. The summed E-state index contributed by atoms with van der Waals surface area (Å²) >= 11 is 0. The first-order valence-electron chi connectivity index (χ1n) is 9.71. The third kappa shape index (κ3) is 3.07. The number of piperazine rings is 1. The molecule has 0 saturated carbocycles. The minimum Gasteiger partial charge on any atom is -0.464 e. The summed E-state index contributed by atoms with van der Waals surface area (Å²) in [6.07, 6.45) is 6.02. The highest BCUT2D eigenvalue weighted by atomic mass is 16.3. The van der Waals surface area contributed by atoms with E-state index in [0.29, 0.717) is 0 Å². The second-order valence-corrected chi connectivity index (χ2v) is 7.30. The number of furan rings is 1. The van der Waals surface area contributed by atoms with Crippen molar-refractivity contribution in [1.82, 2.24) is 15.0 Å². The van der Waals surface area contributed by atoms with Crippen LogP contribution in [0.2, 0.25) is 0 Å². The van der Waals surface area contributed by atoms with E-state index in [-0.39, 0.29) is 0 Å². The molecular weight excluding hydrogens is 340 g/mol. The molecule has 0 unspecified atom stereocenters. The van der Waals surface area contributed by atoms with Crippen molar-refractivity contribution in [2.45, 2.75) is 19.8 Å². The quantitative estimate of drug-likeness (QED) is 0.708. The third-order valence-electron chi connectivity index (χ3n) is 5.48. The minimum atomic E-state index is 0.884. The van der Waals surface area contributed by atoms with Gasteiger partial charge in [0.05, 0.1) is 11.6 Å². The van der Waals surface area contributed by atoms with Crippen LogP contribution in [0.1, 0.15) is 18.5 Å². The van der Waals surface area contributed by atoms with Crippen molar-refractivity contribution in [2.75, 3.05) is 54.0 Å². The van der Waals surface area contributed by atoms with E-state index in [1.807, 2.05) is 18.3 Å². The van der Waals surface area contributed by atoms with Gasteiger partial charge in [0.25, 0.3) is 0 Å². The summed E-state index contributed by atoms with van der Waals surface area (Å²) in [5, 5.41) is 1.08. The van der Waals surface area contributed by atoms with Crippen LogP contribution in [-0.2, 0) is 0 Å². The van der Waals surface area contributed by atoms with Crippen molar-refractivity contribution >= 4 is 28.6 Å². The zero-order chi connectivity index (χ0) is 18.2. The Morgan fingerprint density at radius 1 is 0.889 bits per heavy atom. The van der Waals surface area contributed by atoms with Crippen LogP contribution in [0, 0.1) is 6.92 Å². The predicted molar refractivity (Wildman–Crippen MR) is 107 cm³/mol. The largest absolute Gasteiger partial charge is 0.464 e. The highest BCUT2D eigenvalue weighted by molar-refractivity contribution is 5.88. The van der Waals surface area contributed by atoms with E-state index in [1.54, 1.807) is 6.26 Å². The van der Waals surface area contributed by atoms with Gasteiger partial charge in [0.1, 0.15) is 17.2 Å². The average molecular weight is 364 g/mol. The lowest BCUT2D eigenvalue weighted by atomic mass is 10.2. The van der Waals surface area contributed by atoms with Crippen molar-refractivity contribution in [3.63, 3.8) is 0 Å². The lowest BCUT2D eigenvalue weighted by Crippen LogP contribution is -2.47. The summed E-state index contributed by atoms with van der Waals surface area (Å²) in [4.78, 5) is 21.1. The van der Waals surface area contributed by atoms with E-state index in [2.05, 4.69) is 37.7 Å². The molecule has 0 radical (unpaired) electrons. The Bertz CT molecular complexity index is 941. The highest BCUT2D eigenvalue weighted by Gasteiger charge is 2.23. The van der Waals surface area contributed by atoms with Gasteiger partial charge in [0, 0.05) is 57.2 Å². The normalized spacial score (nSPS) is 17.9. The number of aromatic nitrogens is 3. The number of hydrogen-bond acceptors (Lipinski definition) is 7. The SMILES string of the molecule is Cc1cc(N2CCN(c3nccc4occc34)CC2)nc(N2CCCC2)n1. The topological polar surface area (TPSA) is 61.5 Å². The Hall–Kier alpha value is -2.83. The van der Waals surface area contributed by atoms with Crippen LogP contribution < -0.4 is 14.7 Å². The fourth-order valence-corrected chi connectivity index (χ4v) is 4.04. The molecule has 140 valence electrons. The molecule has 0 aromatic carbocycles. The van der Waals surface area contributed by atoms with Gasteiger partial charge in [0.2, 0.25) is 5.95 Å². The first-order valence-corrected chi connectivity index (χ1v) is 9.71. The summed E-state index contributed by atoms with van der Waals surface area (Å²) in [6, 6.07) is 6.02. The molecule has 0 N–H and O–H groups in total. The average Bonchev–Trinajstić information content (AvgIpc) is 3.39. The number of fused-ring (bicyclic) bond motifs is 1. The molecule has 2 aliphatic heterocycles. The Morgan fingerprint density at radius 3 is 2.48 bits per heavy atom. The van der Waals surface area contributed by atoms with Gasteiger partial charge in [-0.25, -0.2) is 9.97 Å². The second-order valence-electron chi connectivity index (χ2n) is 7.30. The second kappa shape index (κ2) is 6.72. The zero-order valence-corrected chi connectivity index (χ0v) is 15.6. The molecule has 27 heavy (non-hydrogen) atoms. The van der Waals surface area contributed by atoms with E-state index in [0.717, 1.165) is 73.5 Å². The molecule has 2 saturated heterocycles. The van der Waals surface area contributed by atoms with E-state index in [9.17, 15) is 0 Å². The van der Waals surface area contributed by atoms with Crippen LogP contribution in [0.15, 0.2) is 35.1 Å². The first kappa shape index (κ1) is 16.4. The van der Waals surface area contributed by atoms with Crippen molar-refractivity contribution in [3.8, 4) is 0 Å². The van der Waals surface area contributed by atoms with E-state index >= 15 is 0 Å². The van der Waals surface area contributed by atoms with E-state index in [4.69, 9.17) is 9.40 Å². The first-order chi connectivity index (χ1) is 13.3. The van der Waals surface area contributed by atoms with Crippen molar-refractivity contribution in [2.24, 2.45) is 0 Å². The maximum Gasteiger partial charge on any atom is 0.227 e. The molecule has 7 heteroatoms. The number of aryl methyl sites for hydroxylation is 1. The van der Waals surface area contributed by atoms with Gasteiger partial charge in [-0.1, -0.05) is 0 Å². The number of pyridine rings is 1. The smallest absolute Gasteiger partial charge is 0.227 e. The fraction of sp³-hybridized carbons (Fsp3) is 0.450. The van der Waals surface area contributed by atoms with Crippen LogP contribution in [0.3, 0.4) is 0 Å². The third-order valence-corrected chi connectivity index (χ3v) is 5.48. The maximum absolute atomic E-state index is 5.52. The van der Waals surface area contributed by atoms with Crippen LogP contribution in [-0.4, -0.2) is 54.2 Å². The summed E-state index contributed by atoms with van der Waals surface area (Å²) < 4.78 is 5.52. The Kier molecular flexibility index (Phi) is 4.07. The van der Waals surface area contributed by atoms with Crippen LogP contribution in [0.25, 0.3) is 11.0 Å². The summed E-state index contributed by atoms with van der Waals surface area (Å²) in [5.41, 5.74) is 1.93. The van der Waals surface area contributed by atoms with Gasteiger partial charge < -0.3 is 19.1 Å². The maximum atomic E-state index is 5.52. The van der Waals surface area contributed by atoms with Crippen molar-refractivity contribution in [1.29, 1.82) is 0 Å². The molecular formula is C20H24N6O. The fourth-order valence-electron chi connectivity index (χ4n) is 4.04. The Labute approximate surface area is 158 Å². The van der Waals surface area contributed by atoms with Gasteiger partial charge in [-0.3, -0.25) is 0 Å². The van der Waals surface area contributed by atoms with Crippen LogP contribution in [0.4, 0.5) is 17.6 Å². The zero-order valence-electron chi connectivity index (χ0n) is 15.6. The van der Waals surface area contributed by atoms with Gasteiger partial charge in [-0.2, -0.15) is 4.98 Å². The summed E-state index contributed by atoms with van der Waals surface area (Å²) in [5.74, 6) is 2.94. The van der Waals surface area contributed by atoms with Crippen molar-refractivity contribution in [3.05, 3.63) is 36.4 Å². The van der Waals surface area contributed by atoms with Gasteiger partial charge >= 0.3 is 0 Å². The molecule has 0 amide bonds. The molecule has 0 spiro atoms. The van der Waals surface area contributed by atoms with Crippen LogP contribution >= 0.6 is 0 Å². The molecule has 3 aromatic rings. The van der Waals surface area contributed by atoms with E-state index in [1.165, 1.54) is 12.8 Å². The van der Waals surface area contributed by atoms with Gasteiger partial charge in [-0.05, 0) is 31.9 Å². The van der Waals surface area contributed by atoms with Gasteiger partial charge in [0.15, 0.2) is 0 Å². The lowest BCUT2D eigenvalue weighted by Gasteiger charge is -2.36. The summed E-state index contributed by atoms with van der Waals surface area (Å²) in [6.45, 7) is 7.87. The Morgan fingerprint density at radius 2 is 1.67 bits per heavy atom. The Balaban J connectivity index is 1.34. The number of nitrogens with zero attached hydrogens (tertiary/aromatic N) is 6. The minimum absolute atomic E-state index is 0.884. The van der Waals surface area contributed by atoms with Gasteiger partial charge in [-0.15, -0.1) is 0 Å². The van der Waals surface area contributed by atoms with Crippen molar-refractivity contribution < 1.29 is 4.42 Å². The molecule has 2 aliphatic rings. The lowest BCUT2D eigenvalue weighted by molar-refractivity contribution is 0.614. The number of hydrogen-bond donors (Lipinski definition) is 0. The van der Waals surface area contributed by atoms with Crippen LogP contribution in [0.5, 0.6) is 0 Å². The summed E-state index contributed by atoms with van der Waals surface area (Å²) in [7, 11) is 0. The standard InChI is InChI=1S/C20H24N6O/c1-15-14-18(23-20(22-15)26-7-2-3-8-26)24-9-11-25(12-10-24)19-16-5-13-27-17(16)4-6-21-19/h4-6,13-14H,2-3,7-12H2,1H3. The molecule has 7 nitrogen and oxygen atoms in total. The molecule has 0 aliphatic carbocycles. The molecule has 3 aromatic heterocycles.